The molecule has 0 aliphatic heterocycles. The summed E-state index contributed by atoms with van der Waals surface area (Å²) in [6.45, 7) is 0.381. The number of fused-ring (bicyclic) bond motifs is 4. The molecular formula is C34H29ClN4O5. The van der Waals surface area contributed by atoms with E-state index in [-0.39, 0.29) is 47.4 Å². The fourth-order valence-corrected chi connectivity index (χ4v) is 6.06. The Morgan fingerprint density at radius 1 is 0.909 bits per heavy atom. The van der Waals surface area contributed by atoms with Gasteiger partial charge in [-0.2, -0.15) is 0 Å². The summed E-state index contributed by atoms with van der Waals surface area (Å²) in [5.41, 5.74) is 5.12. The van der Waals surface area contributed by atoms with Crippen LogP contribution >= 0.6 is 11.6 Å². The monoisotopic (exact) mass is 608 g/mol. The van der Waals surface area contributed by atoms with Crippen LogP contribution in [0.1, 0.15) is 40.9 Å². The van der Waals surface area contributed by atoms with E-state index in [2.05, 4.69) is 34.9 Å². The van der Waals surface area contributed by atoms with Crippen molar-refractivity contribution in [2.24, 2.45) is 0 Å². The van der Waals surface area contributed by atoms with E-state index in [9.17, 15) is 14.4 Å². The van der Waals surface area contributed by atoms with Crippen molar-refractivity contribution >= 4 is 34.7 Å². The van der Waals surface area contributed by atoms with Crippen LogP contribution in [0.4, 0.5) is 9.59 Å². The zero-order valence-electron chi connectivity index (χ0n) is 23.6. The number of alkyl carbamates (subject to hydrolysis) is 1. The molecule has 10 heteroatoms. The second kappa shape index (κ2) is 12.6. The molecule has 1 unspecified atom stereocenters. The largest absolute Gasteiger partial charge is 0.465 e. The van der Waals surface area contributed by atoms with Crippen LogP contribution in [0.5, 0.6) is 0 Å². The molecule has 1 aliphatic carbocycles. The van der Waals surface area contributed by atoms with Gasteiger partial charge in [0.1, 0.15) is 18.5 Å². The lowest BCUT2D eigenvalue weighted by molar-refractivity contribution is 0.140. The van der Waals surface area contributed by atoms with Crippen molar-refractivity contribution in [2.45, 2.75) is 24.9 Å². The lowest BCUT2D eigenvalue weighted by Crippen LogP contribution is -2.37. The number of carbonyl (C=O) groups is 2. The van der Waals surface area contributed by atoms with Gasteiger partial charge in [0.2, 0.25) is 0 Å². The van der Waals surface area contributed by atoms with E-state index >= 15 is 0 Å². The minimum Gasteiger partial charge on any atom is -0.465 e. The number of hydrogen-bond acceptors (Lipinski definition) is 5. The van der Waals surface area contributed by atoms with Gasteiger partial charge < -0.3 is 20.5 Å². The number of carboxylic acid groups (broad SMARTS) is 1. The lowest BCUT2D eigenvalue weighted by Gasteiger charge is -2.23. The molecule has 0 saturated carbocycles. The molecule has 1 atom stereocenters. The van der Waals surface area contributed by atoms with Crippen molar-refractivity contribution in [2.75, 3.05) is 13.2 Å². The van der Waals surface area contributed by atoms with Crippen molar-refractivity contribution in [3.05, 3.63) is 135 Å². The summed E-state index contributed by atoms with van der Waals surface area (Å²) in [6, 6.07) is 29.5. The molecule has 1 heterocycles. The average Bonchev–Trinajstić information content (AvgIpc) is 3.35. The highest BCUT2D eigenvalue weighted by Gasteiger charge is 2.30. The van der Waals surface area contributed by atoms with Gasteiger partial charge in [0.25, 0.3) is 5.56 Å². The Kier molecular flexibility index (Phi) is 8.29. The standard InChI is InChI=1S/C34H29ClN4O5/c35-27-16-8-17-28-29(27)32(40)39(19-9-18-36-33(41)42)31(37-28)30(21-10-2-1-3-11-21)38-34(43)44-20-26-24-14-6-4-12-22(24)23-13-5-7-15-25(23)26/h1-8,10-17,26,30,36H,9,18-20H2,(H,38,43)(H,41,42). The summed E-state index contributed by atoms with van der Waals surface area (Å²) in [5.74, 6) is 0.156. The Morgan fingerprint density at radius 3 is 2.25 bits per heavy atom. The van der Waals surface area contributed by atoms with Crippen LogP contribution in [0.2, 0.25) is 5.02 Å². The van der Waals surface area contributed by atoms with Crippen molar-refractivity contribution in [3.63, 3.8) is 0 Å². The molecule has 44 heavy (non-hydrogen) atoms. The highest BCUT2D eigenvalue weighted by atomic mass is 35.5. The van der Waals surface area contributed by atoms with Crippen LogP contribution in [-0.4, -0.2) is 40.0 Å². The van der Waals surface area contributed by atoms with E-state index in [0.29, 0.717) is 17.5 Å². The van der Waals surface area contributed by atoms with Gasteiger partial charge in [-0.05, 0) is 46.4 Å². The number of nitrogens with zero attached hydrogens (tertiary/aromatic N) is 2. The molecule has 0 saturated heterocycles. The fourth-order valence-electron chi connectivity index (χ4n) is 5.81. The van der Waals surface area contributed by atoms with Crippen molar-refractivity contribution in [1.29, 1.82) is 0 Å². The maximum atomic E-state index is 13.8. The van der Waals surface area contributed by atoms with Crippen LogP contribution in [0, 0.1) is 0 Å². The Labute approximate surface area is 258 Å². The maximum Gasteiger partial charge on any atom is 0.408 e. The summed E-state index contributed by atoms with van der Waals surface area (Å²) in [6.07, 6.45) is -1.51. The summed E-state index contributed by atoms with van der Waals surface area (Å²) < 4.78 is 7.30. The number of aromatic nitrogens is 2. The first-order valence-electron chi connectivity index (χ1n) is 14.2. The predicted octanol–water partition coefficient (Wildman–Crippen LogP) is 6.34. The highest BCUT2D eigenvalue weighted by molar-refractivity contribution is 6.35. The molecule has 1 aliphatic rings. The highest BCUT2D eigenvalue weighted by Crippen LogP contribution is 2.44. The Hall–Kier alpha value is -5.15. The molecule has 0 radical (unpaired) electrons. The third-order valence-electron chi connectivity index (χ3n) is 7.79. The number of ether oxygens (including phenoxy) is 1. The van der Waals surface area contributed by atoms with Gasteiger partial charge >= 0.3 is 12.2 Å². The summed E-state index contributed by atoms with van der Waals surface area (Å²) >= 11 is 6.41. The molecular weight excluding hydrogens is 580 g/mol. The molecule has 5 aromatic rings. The van der Waals surface area contributed by atoms with Gasteiger partial charge in [-0.15, -0.1) is 0 Å². The van der Waals surface area contributed by atoms with Gasteiger partial charge in [-0.3, -0.25) is 9.36 Å². The van der Waals surface area contributed by atoms with Crippen LogP contribution in [-0.2, 0) is 11.3 Å². The Bertz CT molecular complexity index is 1860. The minimum absolute atomic E-state index is 0.121. The number of carbonyl (C=O) groups excluding carboxylic acids is 1. The van der Waals surface area contributed by atoms with E-state index in [4.69, 9.17) is 26.4 Å². The van der Waals surface area contributed by atoms with Gasteiger partial charge in [0, 0.05) is 19.0 Å². The van der Waals surface area contributed by atoms with Crippen LogP contribution in [0.3, 0.4) is 0 Å². The van der Waals surface area contributed by atoms with Gasteiger partial charge in [0.15, 0.2) is 0 Å². The van der Waals surface area contributed by atoms with E-state index in [1.54, 1.807) is 18.2 Å². The lowest BCUT2D eigenvalue weighted by atomic mass is 9.98. The molecule has 4 aromatic carbocycles. The van der Waals surface area contributed by atoms with Crippen LogP contribution < -0.4 is 16.2 Å². The Morgan fingerprint density at radius 2 is 1.57 bits per heavy atom. The molecule has 222 valence electrons. The molecule has 0 bridgehead atoms. The van der Waals surface area contributed by atoms with E-state index < -0.39 is 18.2 Å². The number of halogens is 1. The summed E-state index contributed by atoms with van der Waals surface area (Å²) in [7, 11) is 0. The van der Waals surface area contributed by atoms with Gasteiger partial charge in [-0.25, -0.2) is 14.6 Å². The first-order chi connectivity index (χ1) is 21.4. The first-order valence-corrected chi connectivity index (χ1v) is 14.6. The number of benzene rings is 4. The SMILES string of the molecule is O=C(O)NCCCn1c(C(NC(=O)OCC2c3ccccc3-c3ccccc32)c2ccccc2)nc2cccc(Cl)c2c1=O. The van der Waals surface area contributed by atoms with Crippen molar-refractivity contribution in [3.8, 4) is 11.1 Å². The third-order valence-corrected chi connectivity index (χ3v) is 8.11. The number of rotatable bonds is 9. The van der Waals surface area contributed by atoms with Gasteiger partial charge in [-0.1, -0.05) is 96.5 Å². The summed E-state index contributed by atoms with van der Waals surface area (Å²) in [5, 5.41) is 14.8. The van der Waals surface area contributed by atoms with Gasteiger partial charge in [0.05, 0.1) is 15.9 Å². The smallest absolute Gasteiger partial charge is 0.408 e. The van der Waals surface area contributed by atoms with Crippen molar-refractivity contribution in [1.82, 2.24) is 20.2 Å². The van der Waals surface area contributed by atoms with E-state index in [0.717, 1.165) is 22.3 Å². The Balaban J connectivity index is 1.33. The number of amides is 2. The average molecular weight is 609 g/mol. The van der Waals surface area contributed by atoms with E-state index in [1.807, 2.05) is 54.6 Å². The zero-order valence-corrected chi connectivity index (χ0v) is 24.3. The molecule has 0 fully saturated rings. The predicted molar refractivity (Wildman–Crippen MR) is 168 cm³/mol. The summed E-state index contributed by atoms with van der Waals surface area (Å²) in [4.78, 5) is 43.1. The fraction of sp³-hybridized carbons (Fsp3) is 0.176. The minimum atomic E-state index is -1.16. The quantitative estimate of drug-likeness (QED) is 0.168. The maximum absolute atomic E-state index is 13.8. The molecule has 2 amide bonds. The molecule has 9 nitrogen and oxygen atoms in total. The third kappa shape index (κ3) is 5.74. The van der Waals surface area contributed by atoms with Crippen LogP contribution in [0.15, 0.2) is 102 Å². The number of hydrogen-bond donors (Lipinski definition) is 3. The van der Waals surface area contributed by atoms with Crippen LogP contribution in [0.25, 0.3) is 22.0 Å². The zero-order chi connectivity index (χ0) is 30.6. The first kappa shape index (κ1) is 28.9. The molecule has 3 N–H and O–H groups in total. The topological polar surface area (TPSA) is 123 Å². The normalized spacial score (nSPS) is 12.8. The molecule has 6 rings (SSSR count). The second-order valence-electron chi connectivity index (χ2n) is 10.5. The molecule has 0 spiro atoms. The number of nitrogens with one attached hydrogen (secondary N) is 2. The van der Waals surface area contributed by atoms with E-state index in [1.165, 1.54) is 4.57 Å². The van der Waals surface area contributed by atoms with Crippen molar-refractivity contribution < 1.29 is 19.4 Å². The molecule has 1 aromatic heterocycles. The second-order valence-corrected chi connectivity index (χ2v) is 10.9.